The minimum Gasteiger partial charge on any atom is -0.462 e. The van der Waals surface area contributed by atoms with E-state index in [4.69, 9.17) is 14.2 Å². The Morgan fingerprint density at radius 3 is 0.704 bits per heavy atom. The van der Waals surface area contributed by atoms with E-state index < -0.39 is 6.10 Å². The van der Waals surface area contributed by atoms with E-state index in [-0.39, 0.29) is 31.1 Å². The molecule has 0 aromatic heterocycles. The topological polar surface area (TPSA) is 78.9 Å². The van der Waals surface area contributed by atoms with E-state index in [9.17, 15) is 14.4 Å². The molecule has 0 aliphatic carbocycles. The molecule has 0 aromatic rings. The second-order valence-electron chi connectivity index (χ2n) is 21.3. The maximum absolute atomic E-state index is 12.9. The van der Waals surface area contributed by atoms with Crippen molar-refractivity contribution in [1.82, 2.24) is 0 Å². The second-order valence-corrected chi connectivity index (χ2v) is 21.3. The Kier molecular flexibility index (Phi) is 58.2. The summed E-state index contributed by atoms with van der Waals surface area (Å²) in [6, 6.07) is 0. The molecule has 416 valence electrons. The van der Waals surface area contributed by atoms with Crippen molar-refractivity contribution in [3.8, 4) is 0 Å². The van der Waals surface area contributed by atoms with Gasteiger partial charge in [0.2, 0.25) is 0 Å². The normalized spacial score (nSPS) is 12.2. The highest BCUT2D eigenvalue weighted by Crippen LogP contribution is 2.17. The maximum atomic E-state index is 12.9. The molecule has 6 nitrogen and oxygen atoms in total. The summed E-state index contributed by atoms with van der Waals surface area (Å²) in [4.78, 5) is 38.3. The third kappa shape index (κ3) is 58.4. The molecule has 0 rings (SSSR count). The summed E-state index contributed by atoms with van der Waals surface area (Å²) >= 11 is 0. The number of unbranched alkanes of at least 4 members (excludes halogenated alkanes) is 41. The van der Waals surface area contributed by atoms with Crippen molar-refractivity contribution in [3.05, 3.63) is 36.5 Å². The Labute approximate surface area is 442 Å². The number of rotatable bonds is 58. The van der Waals surface area contributed by atoms with Crippen molar-refractivity contribution in [2.75, 3.05) is 13.2 Å². The fourth-order valence-electron chi connectivity index (χ4n) is 9.31. The van der Waals surface area contributed by atoms with Crippen LogP contribution in [0.15, 0.2) is 36.5 Å². The summed E-state index contributed by atoms with van der Waals surface area (Å²) < 4.78 is 16.9. The fourth-order valence-corrected chi connectivity index (χ4v) is 9.31. The van der Waals surface area contributed by atoms with E-state index in [0.717, 1.165) is 64.2 Å². The van der Waals surface area contributed by atoms with Crippen LogP contribution in [0.3, 0.4) is 0 Å². The van der Waals surface area contributed by atoms with E-state index in [0.29, 0.717) is 19.3 Å². The number of esters is 3. The standard InChI is InChI=1S/C65H120O6/c1-4-7-10-13-16-19-22-25-28-30-31-32-33-35-38-41-44-47-50-53-56-59-65(68)71-62(60-69-63(66)57-54-51-48-45-42-39-36-27-24-21-18-15-12-9-6-3)61-70-64(67)58-55-52-49-46-43-40-37-34-29-26-23-20-17-14-11-8-5-2/h25-29,36,62H,4-24,30-35,37-61H2,1-3H3/b28-25-,29-26-,36-27-/t62-/m0/s1. The average Bonchev–Trinajstić information content (AvgIpc) is 3.37. The van der Waals surface area contributed by atoms with Crippen molar-refractivity contribution in [3.63, 3.8) is 0 Å². The highest BCUT2D eigenvalue weighted by atomic mass is 16.6. The van der Waals surface area contributed by atoms with Crippen molar-refractivity contribution in [1.29, 1.82) is 0 Å². The molecule has 0 aliphatic rings. The number of allylic oxidation sites excluding steroid dienone is 6. The van der Waals surface area contributed by atoms with Gasteiger partial charge in [0.25, 0.3) is 0 Å². The minimum atomic E-state index is -0.777. The van der Waals surface area contributed by atoms with Gasteiger partial charge in [0.05, 0.1) is 0 Å². The van der Waals surface area contributed by atoms with Gasteiger partial charge in [-0.1, -0.05) is 263 Å². The summed E-state index contributed by atoms with van der Waals surface area (Å²) in [6.07, 6.45) is 72.8. The average molecular weight is 998 g/mol. The lowest BCUT2D eigenvalue weighted by molar-refractivity contribution is -0.167. The first-order valence-corrected chi connectivity index (χ1v) is 31.5. The van der Waals surface area contributed by atoms with Crippen LogP contribution in [-0.4, -0.2) is 37.2 Å². The van der Waals surface area contributed by atoms with Crippen LogP contribution in [0.2, 0.25) is 0 Å². The molecular weight excluding hydrogens is 877 g/mol. The molecule has 0 unspecified atom stereocenters. The van der Waals surface area contributed by atoms with Gasteiger partial charge in [0.1, 0.15) is 13.2 Å². The van der Waals surface area contributed by atoms with Gasteiger partial charge >= 0.3 is 17.9 Å². The molecule has 0 aliphatic heterocycles. The minimum absolute atomic E-state index is 0.0744. The second kappa shape index (κ2) is 60.2. The summed E-state index contributed by atoms with van der Waals surface area (Å²) in [5, 5.41) is 0. The first kappa shape index (κ1) is 68.6. The molecule has 0 fully saturated rings. The van der Waals surface area contributed by atoms with Crippen LogP contribution in [0.25, 0.3) is 0 Å². The van der Waals surface area contributed by atoms with Crippen LogP contribution in [0.5, 0.6) is 0 Å². The molecule has 0 heterocycles. The van der Waals surface area contributed by atoms with Crippen LogP contribution in [0.4, 0.5) is 0 Å². The van der Waals surface area contributed by atoms with Crippen LogP contribution in [0.1, 0.15) is 342 Å². The van der Waals surface area contributed by atoms with E-state index in [1.54, 1.807) is 0 Å². The highest BCUT2D eigenvalue weighted by molar-refractivity contribution is 5.71. The van der Waals surface area contributed by atoms with Gasteiger partial charge in [-0.2, -0.15) is 0 Å². The third-order valence-electron chi connectivity index (χ3n) is 14.1. The quantitative estimate of drug-likeness (QED) is 0.0261. The largest absolute Gasteiger partial charge is 0.462 e. The Hall–Kier alpha value is -2.37. The van der Waals surface area contributed by atoms with E-state index in [2.05, 4.69) is 57.2 Å². The van der Waals surface area contributed by atoms with Gasteiger partial charge in [0.15, 0.2) is 6.10 Å². The van der Waals surface area contributed by atoms with Gasteiger partial charge in [-0.05, 0) is 96.3 Å². The lowest BCUT2D eigenvalue weighted by Crippen LogP contribution is -2.30. The van der Waals surface area contributed by atoms with Gasteiger partial charge in [-0.15, -0.1) is 0 Å². The highest BCUT2D eigenvalue weighted by Gasteiger charge is 2.19. The van der Waals surface area contributed by atoms with Crippen LogP contribution in [-0.2, 0) is 28.6 Å². The number of hydrogen-bond acceptors (Lipinski definition) is 6. The maximum Gasteiger partial charge on any atom is 0.306 e. The van der Waals surface area contributed by atoms with E-state index in [1.807, 2.05) is 0 Å². The van der Waals surface area contributed by atoms with Gasteiger partial charge in [0, 0.05) is 19.3 Å². The van der Waals surface area contributed by atoms with Crippen LogP contribution >= 0.6 is 0 Å². The van der Waals surface area contributed by atoms with Gasteiger partial charge in [-0.3, -0.25) is 14.4 Å². The smallest absolute Gasteiger partial charge is 0.306 e. The lowest BCUT2D eigenvalue weighted by atomic mass is 10.0. The lowest BCUT2D eigenvalue weighted by Gasteiger charge is -2.18. The zero-order valence-corrected chi connectivity index (χ0v) is 47.8. The van der Waals surface area contributed by atoms with Crippen molar-refractivity contribution in [2.45, 2.75) is 348 Å². The molecule has 71 heavy (non-hydrogen) atoms. The first-order valence-electron chi connectivity index (χ1n) is 31.5. The van der Waals surface area contributed by atoms with Crippen LogP contribution in [0, 0.1) is 0 Å². The number of carbonyl (C=O) groups excluding carboxylic acids is 3. The molecule has 0 spiro atoms. The van der Waals surface area contributed by atoms with E-state index in [1.165, 1.54) is 238 Å². The summed E-state index contributed by atoms with van der Waals surface area (Å²) in [7, 11) is 0. The zero-order valence-electron chi connectivity index (χ0n) is 47.8. The molecule has 1 atom stereocenters. The Bertz CT molecular complexity index is 1190. The van der Waals surface area contributed by atoms with E-state index >= 15 is 0 Å². The van der Waals surface area contributed by atoms with Gasteiger partial charge < -0.3 is 14.2 Å². The molecule has 0 saturated heterocycles. The molecule has 0 radical (unpaired) electrons. The predicted octanol–water partition coefficient (Wildman–Crippen LogP) is 21.2. The van der Waals surface area contributed by atoms with Crippen molar-refractivity contribution >= 4 is 17.9 Å². The third-order valence-corrected chi connectivity index (χ3v) is 14.1. The number of hydrogen-bond donors (Lipinski definition) is 0. The van der Waals surface area contributed by atoms with Crippen LogP contribution < -0.4 is 0 Å². The van der Waals surface area contributed by atoms with Gasteiger partial charge in [-0.25, -0.2) is 0 Å². The molecule has 0 bridgehead atoms. The van der Waals surface area contributed by atoms with Crippen molar-refractivity contribution in [2.24, 2.45) is 0 Å². The molecular formula is C65H120O6. The molecule has 0 amide bonds. The zero-order chi connectivity index (χ0) is 51.4. The molecule has 6 heteroatoms. The molecule has 0 aromatic carbocycles. The summed E-state index contributed by atoms with van der Waals surface area (Å²) in [6.45, 7) is 6.67. The monoisotopic (exact) mass is 997 g/mol. The Balaban J connectivity index is 4.34. The number of ether oxygens (including phenoxy) is 3. The fraction of sp³-hybridized carbons (Fsp3) is 0.862. The van der Waals surface area contributed by atoms with Crippen molar-refractivity contribution < 1.29 is 28.6 Å². The number of carbonyl (C=O) groups is 3. The molecule has 0 N–H and O–H groups in total. The summed E-state index contributed by atoms with van der Waals surface area (Å²) in [5.74, 6) is -0.867. The first-order chi connectivity index (χ1) is 35.0. The Morgan fingerprint density at radius 2 is 0.465 bits per heavy atom. The predicted molar refractivity (Wildman–Crippen MR) is 307 cm³/mol. The molecule has 0 saturated carbocycles. The SMILES string of the molecule is CCCCCCCC/C=C\CCCCCCCCCCCCCC(=O)O[C@@H](COC(=O)CCCCCCC/C=C\CCCCCCCC)COC(=O)CCCCCCCCC/C=C\CCCCCCCC. The Morgan fingerprint density at radius 1 is 0.268 bits per heavy atom. The summed E-state index contributed by atoms with van der Waals surface area (Å²) in [5.41, 5.74) is 0.